The molecule has 4 N–H and O–H groups in total. The Hall–Kier alpha value is -1.21. The molecule has 0 bridgehead atoms. The van der Waals surface area contributed by atoms with E-state index in [-0.39, 0.29) is 4.90 Å². The third kappa shape index (κ3) is 3.89. The van der Waals surface area contributed by atoms with Crippen molar-refractivity contribution in [2.75, 3.05) is 5.73 Å². The number of thioether (sulfide) groups is 1. The molecule has 0 amide bonds. The van der Waals surface area contributed by atoms with Gasteiger partial charge in [0, 0.05) is 21.4 Å². The van der Waals surface area contributed by atoms with Gasteiger partial charge in [0.15, 0.2) is 0 Å². The van der Waals surface area contributed by atoms with Gasteiger partial charge in [-0.2, -0.15) is 0 Å². The second-order valence-corrected chi connectivity index (χ2v) is 7.18. The summed E-state index contributed by atoms with van der Waals surface area (Å²) in [6, 6.07) is 12.0. The van der Waals surface area contributed by atoms with E-state index in [1.54, 1.807) is 6.07 Å². The van der Waals surface area contributed by atoms with Crippen molar-refractivity contribution in [3.05, 3.63) is 53.1 Å². The fourth-order valence-corrected chi connectivity index (χ4v) is 3.57. The molecule has 0 saturated heterocycles. The number of benzene rings is 2. The molecule has 0 heterocycles. The molecule has 0 spiro atoms. The van der Waals surface area contributed by atoms with Crippen LogP contribution in [0.15, 0.2) is 52.3 Å². The molecule has 4 nitrogen and oxygen atoms in total. The second kappa shape index (κ2) is 6.05. The first kappa shape index (κ1) is 15.2. The number of hydrogen-bond acceptors (Lipinski definition) is 4. The minimum atomic E-state index is -3.76. The number of anilines is 1. The molecule has 0 aromatic heterocycles. The molecule has 0 radical (unpaired) electrons. The summed E-state index contributed by atoms with van der Waals surface area (Å²) in [6.45, 7) is 0. The minimum Gasteiger partial charge on any atom is -0.399 e. The third-order valence-corrected chi connectivity index (χ3v) is 4.87. The minimum absolute atomic E-state index is 0.0131. The number of halogens is 1. The molecule has 0 aliphatic rings. The highest BCUT2D eigenvalue weighted by Crippen LogP contribution is 2.29. The SMILES string of the molecule is Nc1cc(SCc2ccccc2Cl)cc(S(N)(=O)=O)c1. The Kier molecular flexibility index (Phi) is 4.59. The van der Waals surface area contributed by atoms with E-state index >= 15 is 0 Å². The lowest BCUT2D eigenvalue weighted by Crippen LogP contribution is -2.12. The van der Waals surface area contributed by atoms with Gasteiger partial charge in [0.1, 0.15) is 0 Å². The largest absolute Gasteiger partial charge is 0.399 e. The maximum atomic E-state index is 11.4. The fourth-order valence-electron chi connectivity index (χ4n) is 1.62. The Morgan fingerprint density at radius 1 is 1.15 bits per heavy atom. The highest BCUT2D eigenvalue weighted by molar-refractivity contribution is 7.98. The van der Waals surface area contributed by atoms with Gasteiger partial charge in [0.25, 0.3) is 0 Å². The topological polar surface area (TPSA) is 86.2 Å². The Morgan fingerprint density at radius 3 is 2.50 bits per heavy atom. The number of rotatable bonds is 4. The summed E-state index contributed by atoms with van der Waals surface area (Å²) in [6.07, 6.45) is 0. The van der Waals surface area contributed by atoms with Crippen molar-refractivity contribution in [3.63, 3.8) is 0 Å². The summed E-state index contributed by atoms with van der Waals surface area (Å²) < 4.78 is 22.7. The first-order chi connectivity index (χ1) is 9.36. The zero-order valence-electron chi connectivity index (χ0n) is 10.4. The molecule has 0 atom stereocenters. The van der Waals surface area contributed by atoms with E-state index in [0.29, 0.717) is 16.5 Å². The molecule has 0 aliphatic carbocycles. The maximum absolute atomic E-state index is 11.4. The molecule has 2 aromatic rings. The van der Waals surface area contributed by atoms with Crippen molar-refractivity contribution in [1.29, 1.82) is 0 Å². The van der Waals surface area contributed by atoms with Gasteiger partial charge in [0.2, 0.25) is 10.0 Å². The van der Waals surface area contributed by atoms with Crippen molar-refractivity contribution in [2.24, 2.45) is 5.14 Å². The number of nitrogen functional groups attached to an aromatic ring is 1. The van der Waals surface area contributed by atoms with E-state index in [2.05, 4.69) is 0 Å². The first-order valence-electron chi connectivity index (χ1n) is 5.66. The fraction of sp³-hybridized carbons (Fsp3) is 0.0769. The van der Waals surface area contributed by atoms with Gasteiger partial charge >= 0.3 is 0 Å². The predicted molar refractivity (Wildman–Crippen MR) is 83.2 cm³/mol. The van der Waals surface area contributed by atoms with Crippen molar-refractivity contribution >= 4 is 39.1 Å². The number of nitrogens with two attached hydrogens (primary N) is 2. The maximum Gasteiger partial charge on any atom is 0.238 e. The molecule has 2 rings (SSSR count). The van der Waals surface area contributed by atoms with Gasteiger partial charge in [-0.25, -0.2) is 13.6 Å². The first-order valence-corrected chi connectivity index (χ1v) is 8.57. The molecular weight excluding hydrogens is 316 g/mol. The summed E-state index contributed by atoms with van der Waals surface area (Å²) >= 11 is 7.52. The van der Waals surface area contributed by atoms with Gasteiger partial charge in [0.05, 0.1) is 4.90 Å². The normalized spacial score (nSPS) is 11.5. The van der Waals surface area contributed by atoms with E-state index in [1.165, 1.54) is 23.9 Å². The van der Waals surface area contributed by atoms with Crippen LogP contribution in [0.3, 0.4) is 0 Å². The van der Waals surface area contributed by atoms with E-state index in [4.69, 9.17) is 22.5 Å². The van der Waals surface area contributed by atoms with Gasteiger partial charge in [-0.05, 0) is 29.8 Å². The van der Waals surface area contributed by atoms with Crippen LogP contribution >= 0.6 is 23.4 Å². The summed E-state index contributed by atoms with van der Waals surface area (Å²) in [4.78, 5) is 0.744. The lowest BCUT2D eigenvalue weighted by Gasteiger charge is -2.07. The average Bonchev–Trinajstić information content (AvgIpc) is 2.36. The Labute approximate surface area is 127 Å². The molecular formula is C13H13ClN2O2S2. The van der Waals surface area contributed by atoms with Gasteiger partial charge < -0.3 is 5.73 Å². The summed E-state index contributed by atoms with van der Waals surface area (Å²) in [5, 5.41) is 5.79. The van der Waals surface area contributed by atoms with Crippen LogP contribution in [0.5, 0.6) is 0 Å². The van der Waals surface area contributed by atoms with Crippen LogP contribution in [0.4, 0.5) is 5.69 Å². The summed E-state index contributed by atoms with van der Waals surface area (Å²) in [5.41, 5.74) is 7.03. The highest BCUT2D eigenvalue weighted by atomic mass is 35.5. The van der Waals surface area contributed by atoms with Crippen molar-refractivity contribution in [1.82, 2.24) is 0 Å². The number of primary sulfonamides is 1. The molecule has 0 fully saturated rings. The van der Waals surface area contributed by atoms with E-state index in [9.17, 15) is 8.42 Å². The zero-order chi connectivity index (χ0) is 14.8. The van der Waals surface area contributed by atoms with Gasteiger partial charge in [-0.3, -0.25) is 0 Å². The lowest BCUT2D eigenvalue weighted by atomic mass is 10.2. The third-order valence-electron chi connectivity index (χ3n) is 2.58. The zero-order valence-corrected chi connectivity index (χ0v) is 12.8. The van der Waals surface area contributed by atoms with Crippen molar-refractivity contribution in [3.8, 4) is 0 Å². The number of hydrogen-bond donors (Lipinski definition) is 2. The van der Waals surface area contributed by atoms with Crippen LogP contribution < -0.4 is 10.9 Å². The Balaban J connectivity index is 2.22. The molecule has 0 aliphatic heterocycles. The predicted octanol–water partition coefficient (Wildman–Crippen LogP) is 2.86. The van der Waals surface area contributed by atoms with Crippen LogP contribution in [-0.4, -0.2) is 8.42 Å². The van der Waals surface area contributed by atoms with E-state index in [1.807, 2.05) is 24.3 Å². The van der Waals surface area contributed by atoms with Gasteiger partial charge in [-0.15, -0.1) is 11.8 Å². The molecule has 0 saturated carbocycles. The molecule has 106 valence electrons. The smallest absolute Gasteiger partial charge is 0.238 e. The second-order valence-electron chi connectivity index (χ2n) is 4.16. The summed E-state index contributed by atoms with van der Waals surface area (Å²) in [7, 11) is -3.76. The van der Waals surface area contributed by atoms with Crippen LogP contribution in [0.25, 0.3) is 0 Å². The van der Waals surface area contributed by atoms with Crippen LogP contribution in [0, 0.1) is 0 Å². The van der Waals surface area contributed by atoms with Crippen LogP contribution in [-0.2, 0) is 15.8 Å². The highest BCUT2D eigenvalue weighted by Gasteiger charge is 2.10. The summed E-state index contributed by atoms with van der Waals surface area (Å²) in [5.74, 6) is 0.618. The number of sulfonamides is 1. The van der Waals surface area contributed by atoms with Gasteiger partial charge in [-0.1, -0.05) is 29.8 Å². The van der Waals surface area contributed by atoms with Crippen molar-refractivity contribution < 1.29 is 8.42 Å². The quantitative estimate of drug-likeness (QED) is 0.667. The van der Waals surface area contributed by atoms with E-state index < -0.39 is 10.0 Å². The molecule has 20 heavy (non-hydrogen) atoms. The standard InChI is InChI=1S/C13H13ClN2O2S2/c14-13-4-2-1-3-9(13)8-19-11-5-10(15)6-12(7-11)20(16,17)18/h1-7H,8,15H2,(H2,16,17,18). The molecule has 7 heteroatoms. The van der Waals surface area contributed by atoms with Crippen LogP contribution in [0.2, 0.25) is 5.02 Å². The molecule has 2 aromatic carbocycles. The monoisotopic (exact) mass is 328 g/mol. The average molecular weight is 329 g/mol. The Bertz CT molecular complexity index is 733. The van der Waals surface area contributed by atoms with Crippen LogP contribution in [0.1, 0.15) is 5.56 Å². The van der Waals surface area contributed by atoms with E-state index in [0.717, 1.165) is 10.5 Å². The lowest BCUT2D eigenvalue weighted by molar-refractivity contribution is 0.597. The molecule has 0 unspecified atom stereocenters. The van der Waals surface area contributed by atoms with Crippen molar-refractivity contribution in [2.45, 2.75) is 15.5 Å². The Morgan fingerprint density at radius 2 is 1.85 bits per heavy atom.